The molecule has 0 spiro atoms. The molecule has 0 bridgehead atoms. The quantitative estimate of drug-likeness (QED) is 0.824. The Morgan fingerprint density at radius 1 is 1.47 bits per heavy atom. The van der Waals surface area contributed by atoms with Gasteiger partial charge in [-0.05, 0) is 26.0 Å². The van der Waals surface area contributed by atoms with Crippen LogP contribution in [0.5, 0.6) is 0 Å². The van der Waals surface area contributed by atoms with Crippen molar-refractivity contribution in [3.05, 3.63) is 30.1 Å². The zero-order chi connectivity index (χ0) is 13.8. The number of carbonyl (C=O) groups excluding carboxylic acids is 1. The fourth-order valence-electron chi connectivity index (χ4n) is 2.25. The van der Waals surface area contributed by atoms with Gasteiger partial charge in [-0.2, -0.15) is 0 Å². The van der Waals surface area contributed by atoms with Crippen molar-refractivity contribution >= 4 is 16.9 Å². The van der Waals surface area contributed by atoms with Crippen molar-refractivity contribution in [1.82, 2.24) is 14.9 Å². The van der Waals surface area contributed by atoms with Gasteiger partial charge in [0.15, 0.2) is 0 Å². The molecule has 0 fully saturated rings. The molecule has 3 N–H and O–H groups in total. The number of carbonyl (C=O) groups is 1. The Hall–Kier alpha value is -1.88. The molecule has 102 valence electrons. The number of imidazole rings is 1. The van der Waals surface area contributed by atoms with E-state index in [1.54, 1.807) is 0 Å². The van der Waals surface area contributed by atoms with Gasteiger partial charge in [0, 0.05) is 19.0 Å². The Labute approximate surface area is 112 Å². The molecule has 2 aromatic rings. The highest BCUT2D eigenvalue weighted by molar-refractivity contribution is 5.76. The summed E-state index contributed by atoms with van der Waals surface area (Å²) in [6.45, 7) is 5.56. The number of aryl methyl sites for hydroxylation is 1. The van der Waals surface area contributed by atoms with E-state index in [2.05, 4.69) is 27.9 Å². The SMILES string of the molecule is CCn1c(CNC(C)CC(N)=O)nc2ccccc21. The van der Waals surface area contributed by atoms with Crippen LogP contribution in [0.4, 0.5) is 0 Å². The lowest BCUT2D eigenvalue weighted by Crippen LogP contribution is -2.31. The molecule has 5 nitrogen and oxygen atoms in total. The van der Waals surface area contributed by atoms with Crippen LogP contribution in [-0.4, -0.2) is 21.5 Å². The first kappa shape index (κ1) is 13.5. The normalized spacial score (nSPS) is 12.7. The van der Waals surface area contributed by atoms with Gasteiger partial charge >= 0.3 is 0 Å². The van der Waals surface area contributed by atoms with Crippen molar-refractivity contribution in [1.29, 1.82) is 0 Å². The lowest BCUT2D eigenvalue weighted by atomic mass is 10.2. The molecule has 2 rings (SSSR count). The van der Waals surface area contributed by atoms with E-state index >= 15 is 0 Å². The van der Waals surface area contributed by atoms with Crippen molar-refractivity contribution in [2.24, 2.45) is 5.73 Å². The second-order valence-corrected chi connectivity index (χ2v) is 4.71. The van der Waals surface area contributed by atoms with E-state index in [-0.39, 0.29) is 11.9 Å². The highest BCUT2D eigenvalue weighted by Gasteiger charge is 2.11. The average molecular weight is 260 g/mol. The summed E-state index contributed by atoms with van der Waals surface area (Å²) in [5.41, 5.74) is 7.33. The summed E-state index contributed by atoms with van der Waals surface area (Å²) in [6, 6.07) is 8.15. The van der Waals surface area contributed by atoms with Crippen molar-refractivity contribution in [3.63, 3.8) is 0 Å². The topological polar surface area (TPSA) is 72.9 Å². The molecule has 1 atom stereocenters. The maximum absolute atomic E-state index is 10.8. The monoisotopic (exact) mass is 260 g/mol. The van der Waals surface area contributed by atoms with Crippen LogP contribution in [0, 0.1) is 0 Å². The highest BCUT2D eigenvalue weighted by atomic mass is 16.1. The minimum absolute atomic E-state index is 0.0580. The zero-order valence-corrected chi connectivity index (χ0v) is 11.4. The summed E-state index contributed by atoms with van der Waals surface area (Å²) in [5.74, 6) is 0.698. The number of nitrogens with zero attached hydrogens (tertiary/aromatic N) is 2. The molecule has 1 unspecified atom stereocenters. The van der Waals surface area contributed by atoms with Gasteiger partial charge < -0.3 is 15.6 Å². The molecule has 1 heterocycles. The first-order valence-corrected chi connectivity index (χ1v) is 6.57. The minimum atomic E-state index is -0.288. The second kappa shape index (κ2) is 5.84. The fraction of sp³-hybridized carbons (Fsp3) is 0.429. The second-order valence-electron chi connectivity index (χ2n) is 4.71. The lowest BCUT2D eigenvalue weighted by Gasteiger charge is -2.12. The number of nitrogens with one attached hydrogen (secondary N) is 1. The number of hydrogen-bond acceptors (Lipinski definition) is 3. The van der Waals surface area contributed by atoms with Crippen LogP contribution in [-0.2, 0) is 17.9 Å². The first-order valence-electron chi connectivity index (χ1n) is 6.57. The maximum atomic E-state index is 10.8. The van der Waals surface area contributed by atoms with Gasteiger partial charge in [-0.1, -0.05) is 12.1 Å². The third-order valence-electron chi connectivity index (χ3n) is 3.17. The molecule has 1 aromatic heterocycles. The maximum Gasteiger partial charge on any atom is 0.218 e. The molecule has 1 amide bonds. The van der Waals surface area contributed by atoms with E-state index < -0.39 is 0 Å². The summed E-state index contributed by atoms with van der Waals surface area (Å²) in [5, 5.41) is 3.28. The number of amides is 1. The Morgan fingerprint density at radius 2 is 2.21 bits per heavy atom. The Balaban J connectivity index is 2.14. The fourth-order valence-corrected chi connectivity index (χ4v) is 2.25. The van der Waals surface area contributed by atoms with Gasteiger partial charge in [0.05, 0.1) is 17.6 Å². The van der Waals surface area contributed by atoms with E-state index in [0.717, 1.165) is 23.4 Å². The van der Waals surface area contributed by atoms with E-state index in [1.807, 2.05) is 25.1 Å². The molecule has 0 saturated carbocycles. The van der Waals surface area contributed by atoms with Crippen LogP contribution < -0.4 is 11.1 Å². The van der Waals surface area contributed by atoms with Crippen LogP contribution in [0.3, 0.4) is 0 Å². The van der Waals surface area contributed by atoms with Gasteiger partial charge in [0.2, 0.25) is 5.91 Å². The number of hydrogen-bond donors (Lipinski definition) is 2. The van der Waals surface area contributed by atoms with Crippen molar-refractivity contribution in [3.8, 4) is 0 Å². The highest BCUT2D eigenvalue weighted by Crippen LogP contribution is 2.15. The van der Waals surface area contributed by atoms with Crippen LogP contribution in [0.15, 0.2) is 24.3 Å². The van der Waals surface area contributed by atoms with Gasteiger partial charge in [0.25, 0.3) is 0 Å². The third kappa shape index (κ3) is 3.12. The molecule has 0 aliphatic carbocycles. The van der Waals surface area contributed by atoms with Crippen LogP contribution in [0.25, 0.3) is 11.0 Å². The van der Waals surface area contributed by atoms with Gasteiger partial charge in [-0.3, -0.25) is 4.79 Å². The van der Waals surface area contributed by atoms with Gasteiger partial charge in [0.1, 0.15) is 5.82 Å². The minimum Gasteiger partial charge on any atom is -0.370 e. The molecule has 0 aliphatic heterocycles. The summed E-state index contributed by atoms with van der Waals surface area (Å²) in [6.07, 6.45) is 0.340. The van der Waals surface area contributed by atoms with E-state index in [4.69, 9.17) is 5.73 Å². The van der Waals surface area contributed by atoms with E-state index in [1.165, 1.54) is 0 Å². The predicted molar refractivity (Wildman–Crippen MR) is 75.5 cm³/mol. The standard InChI is InChI=1S/C14H20N4O/c1-3-18-12-7-5-4-6-11(12)17-14(18)9-16-10(2)8-13(15)19/h4-7,10,16H,3,8-9H2,1-2H3,(H2,15,19). The molecule has 0 radical (unpaired) electrons. The third-order valence-corrected chi connectivity index (χ3v) is 3.17. The summed E-state index contributed by atoms with van der Waals surface area (Å²) in [7, 11) is 0. The van der Waals surface area contributed by atoms with Gasteiger partial charge in [-0.15, -0.1) is 0 Å². The number of fused-ring (bicyclic) bond motifs is 1. The van der Waals surface area contributed by atoms with E-state index in [9.17, 15) is 4.79 Å². The van der Waals surface area contributed by atoms with Crippen LogP contribution >= 0.6 is 0 Å². The zero-order valence-electron chi connectivity index (χ0n) is 11.4. The first-order chi connectivity index (χ1) is 9.11. The number of primary amides is 1. The number of nitrogens with two attached hydrogens (primary N) is 1. The Morgan fingerprint density at radius 3 is 2.89 bits per heavy atom. The molecule has 0 saturated heterocycles. The summed E-state index contributed by atoms with van der Waals surface area (Å²) in [4.78, 5) is 15.5. The number of rotatable bonds is 6. The molecule has 0 aliphatic rings. The molecule has 5 heteroatoms. The smallest absolute Gasteiger partial charge is 0.218 e. The van der Waals surface area contributed by atoms with E-state index in [0.29, 0.717) is 13.0 Å². The van der Waals surface area contributed by atoms with Crippen LogP contribution in [0.1, 0.15) is 26.1 Å². The molecular formula is C14H20N4O. The number of para-hydroxylation sites is 2. The van der Waals surface area contributed by atoms with Crippen molar-refractivity contribution in [2.75, 3.05) is 0 Å². The number of benzene rings is 1. The summed E-state index contributed by atoms with van der Waals surface area (Å²) < 4.78 is 2.18. The molecule has 1 aromatic carbocycles. The predicted octanol–water partition coefficient (Wildman–Crippen LogP) is 1.41. The van der Waals surface area contributed by atoms with Gasteiger partial charge in [-0.25, -0.2) is 4.98 Å². The average Bonchev–Trinajstić information content (AvgIpc) is 2.73. The molecular weight excluding hydrogens is 240 g/mol. The lowest BCUT2D eigenvalue weighted by molar-refractivity contribution is -0.118. The van der Waals surface area contributed by atoms with Crippen molar-refractivity contribution in [2.45, 2.75) is 39.4 Å². The van der Waals surface area contributed by atoms with Crippen molar-refractivity contribution < 1.29 is 4.79 Å². The van der Waals surface area contributed by atoms with Crippen LogP contribution in [0.2, 0.25) is 0 Å². The largest absolute Gasteiger partial charge is 0.370 e. The Bertz CT molecular complexity index is 576. The summed E-state index contributed by atoms with van der Waals surface area (Å²) >= 11 is 0. The molecule has 19 heavy (non-hydrogen) atoms. The number of aromatic nitrogens is 2. The Kier molecular flexibility index (Phi) is 4.16.